The number of pyridine rings is 1. The first-order chi connectivity index (χ1) is 13.2. The molecule has 0 fully saturated rings. The van der Waals surface area contributed by atoms with Crippen LogP contribution in [0.2, 0.25) is 0 Å². The molecule has 27 heavy (non-hydrogen) atoms. The smallest absolute Gasteiger partial charge is 0.195 e. The number of methoxy groups -OCH3 is 2. The topological polar surface area (TPSA) is 39.9 Å². The van der Waals surface area contributed by atoms with Gasteiger partial charge in [0.05, 0.1) is 25.3 Å². The number of nitrogens with zero attached hydrogens (tertiary/aromatic N) is 1. The summed E-state index contributed by atoms with van der Waals surface area (Å²) in [5.41, 5.74) is 4.01. The standard InChI is InChI=1S/C23H19NO3/c1-26-20-12-11-17(14-21(20)27-2)23(25)22-18(16-8-4-3-5-9-16)15-24-13-7-6-10-19(22)24/h3-15H,1-2H3. The molecule has 4 heteroatoms. The first-order valence-electron chi connectivity index (χ1n) is 8.64. The number of aromatic nitrogens is 1. The van der Waals surface area contributed by atoms with Gasteiger partial charge in [0.25, 0.3) is 0 Å². The summed E-state index contributed by atoms with van der Waals surface area (Å²) in [6.07, 6.45) is 3.95. The lowest BCUT2D eigenvalue weighted by molar-refractivity contribution is 0.104. The number of fused-ring (bicyclic) bond motifs is 1. The Morgan fingerprint density at radius 3 is 2.33 bits per heavy atom. The van der Waals surface area contributed by atoms with Crippen LogP contribution in [0.5, 0.6) is 11.5 Å². The van der Waals surface area contributed by atoms with Crippen molar-refractivity contribution in [1.29, 1.82) is 0 Å². The van der Waals surface area contributed by atoms with E-state index in [0.717, 1.165) is 16.6 Å². The zero-order valence-electron chi connectivity index (χ0n) is 15.2. The summed E-state index contributed by atoms with van der Waals surface area (Å²) in [4.78, 5) is 13.5. The van der Waals surface area contributed by atoms with E-state index in [1.807, 2.05) is 65.3 Å². The third kappa shape index (κ3) is 2.95. The number of ketones is 1. The van der Waals surface area contributed by atoms with Gasteiger partial charge < -0.3 is 13.9 Å². The fourth-order valence-corrected chi connectivity index (χ4v) is 3.32. The predicted octanol–water partition coefficient (Wildman–Crippen LogP) is 4.85. The molecule has 2 aromatic carbocycles. The number of ether oxygens (including phenoxy) is 2. The van der Waals surface area contributed by atoms with Crippen molar-refractivity contribution in [1.82, 2.24) is 4.40 Å². The highest BCUT2D eigenvalue weighted by Gasteiger charge is 2.21. The zero-order chi connectivity index (χ0) is 18.8. The van der Waals surface area contributed by atoms with Crippen LogP contribution in [0.3, 0.4) is 0 Å². The molecule has 2 heterocycles. The number of rotatable bonds is 5. The van der Waals surface area contributed by atoms with Crippen LogP contribution in [0.15, 0.2) is 79.1 Å². The summed E-state index contributed by atoms with van der Waals surface area (Å²) in [5, 5.41) is 0. The summed E-state index contributed by atoms with van der Waals surface area (Å²) < 4.78 is 12.6. The number of carbonyl (C=O) groups excluding carboxylic acids is 1. The molecule has 0 aliphatic carbocycles. The maximum absolute atomic E-state index is 13.5. The van der Waals surface area contributed by atoms with E-state index in [9.17, 15) is 4.79 Å². The van der Waals surface area contributed by atoms with Gasteiger partial charge in [0.1, 0.15) is 0 Å². The van der Waals surface area contributed by atoms with Crippen molar-refractivity contribution in [3.05, 3.63) is 90.3 Å². The van der Waals surface area contributed by atoms with Crippen molar-refractivity contribution in [2.45, 2.75) is 0 Å². The molecule has 4 rings (SSSR count). The predicted molar refractivity (Wildman–Crippen MR) is 106 cm³/mol. The molecule has 0 saturated heterocycles. The van der Waals surface area contributed by atoms with Gasteiger partial charge in [0.2, 0.25) is 0 Å². The maximum Gasteiger partial charge on any atom is 0.195 e. The van der Waals surface area contributed by atoms with E-state index in [4.69, 9.17) is 9.47 Å². The van der Waals surface area contributed by atoms with Gasteiger partial charge in [-0.3, -0.25) is 4.79 Å². The van der Waals surface area contributed by atoms with Crippen molar-refractivity contribution < 1.29 is 14.3 Å². The Balaban J connectivity index is 1.92. The SMILES string of the molecule is COc1ccc(C(=O)c2c(-c3ccccc3)cn3ccccc23)cc1OC. The lowest BCUT2D eigenvalue weighted by Gasteiger charge is -2.10. The highest BCUT2D eigenvalue weighted by atomic mass is 16.5. The molecule has 4 nitrogen and oxygen atoms in total. The molecule has 0 aliphatic heterocycles. The molecule has 0 bridgehead atoms. The fraction of sp³-hybridized carbons (Fsp3) is 0.0870. The van der Waals surface area contributed by atoms with Crippen molar-refractivity contribution >= 4 is 11.3 Å². The van der Waals surface area contributed by atoms with Gasteiger partial charge in [-0.15, -0.1) is 0 Å². The molecule has 0 aliphatic rings. The molecule has 0 amide bonds. The molecule has 134 valence electrons. The lowest BCUT2D eigenvalue weighted by Crippen LogP contribution is -2.04. The van der Waals surface area contributed by atoms with Gasteiger partial charge in [-0.25, -0.2) is 0 Å². The largest absolute Gasteiger partial charge is 0.493 e. The van der Waals surface area contributed by atoms with E-state index >= 15 is 0 Å². The fourth-order valence-electron chi connectivity index (χ4n) is 3.32. The summed E-state index contributed by atoms with van der Waals surface area (Å²) in [6, 6.07) is 21.0. The molecular weight excluding hydrogens is 338 g/mol. The Bertz CT molecular complexity index is 1110. The van der Waals surface area contributed by atoms with Crippen molar-refractivity contribution in [3.8, 4) is 22.6 Å². The van der Waals surface area contributed by atoms with E-state index in [1.54, 1.807) is 32.4 Å². The van der Waals surface area contributed by atoms with Crippen molar-refractivity contribution in [2.24, 2.45) is 0 Å². The molecule has 4 aromatic rings. The Hall–Kier alpha value is -3.53. The summed E-state index contributed by atoms with van der Waals surface area (Å²) in [6.45, 7) is 0. The number of hydrogen-bond donors (Lipinski definition) is 0. The van der Waals surface area contributed by atoms with Crippen LogP contribution in [-0.4, -0.2) is 24.4 Å². The van der Waals surface area contributed by atoms with E-state index in [0.29, 0.717) is 22.6 Å². The molecule has 0 spiro atoms. The zero-order valence-corrected chi connectivity index (χ0v) is 15.2. The molecular formula is C23H19NO3. The lowest BCUT2D eigenvalue weighted by atomic mass is 9.96. The van der Waals surface area contributed by atoms with Crippen LogP contribution < -0.4 is 9.47 Å². The van der Waals surface area contributed by atoms with Gasteiger partial charge in [0, 0.05) is 23.5 Å². The van der Waals surface area contributed by atoms with E-state index in [2.05, 4.69) is 0 Å². The summed E-state index contributed by atoms with van der Waals surface area (Å²) >= 11 is 0. The molecule has 0 atom stereocenters. The van der Waals surface area contributed by atoms with Gasteiger partial charge in [-0.1, -0.05) is 36.4 Å². The van der Waals surface area contributed by atoms with Crippen LogP contribution in [0.4, 0.5) is 0 Å². The number of hydrogen-bond acceptors (Lipinski definition) is 3. The van der Waals surface area contributed by atoms with E-state index < -0.39 is 0 Å². The third-order valence-electron chi connectivity index (χ3n) is 4.64. The van der Waals surface area contributed by atoms with Crippen LogP contribution in [0.25, 0.3) is 16.6 Å². The average molecular weight is 357 g/mol. The number of benzene rings is 2. The van der Waals surface area contributed by atoms with Crippen LogP contribution in [0.1, 0.15) is 15.9 Å². The Kier molecular flexibility index (Phi) is 4.38. The highest BCUT2D eigenvalue weighted by Crippen LogP contribution is 2.33. The van der Waals surface area contributed by atoms with Crippen LogP contribution >= 0.6 is 0 Å². The minimum absolute atomic E-state index is 0.0523. The quantitative estimate of drug-likeness (QED) is 0.479. The Morgan fingerprint density at radius 2 is 1.59 bits per heavy atom. The molecule has 0 radical (unpaired) electrons. The van der Waals surface area contributed by atoms with Crippen molar-refractivity contribution in [2.75, 3.05) is 14.2 Å². The van der Waals surface area contributed by atoms with E-state index in [-0.39, 0.29) is 5.78 Å². The van der Waals surface area contributed by atoms with Gasteiger partial charge >= 0.3 is 0 Å². The summed E-state index contributed by atoms with van der Waals surface area (Å²) in [5.74, 6) is 1.08. The molecule has 0 saturated carbocycles. The minimum Gasteiger partial charge on any atom is -0.493 e. The van der Waals surface area contributed by atoms with Crippen LogP contribution in [-0.2, 0) is 0 Å². The normalized spacial score (nSPS) is 10.7. The van der Waals surface area contributed by atoms with Crippen molar-refractivity contribution in [3.63, 3.8) is 0 Å². The van der Waals surface area contributed by atoms with Gasteiger partial charge in [-0.2, -0.15) is 0 Å². The van der Waals surface area contributed by atoms with E-state index in [1.165, 1.54) is 0 Å². The minimum atomic E-state index is -0.0523. The molecule has 2 aromatic heterocycles. The summed E-state index contributed by atoms with van der Waals surface area (Å²) in [7, 11) is 3.14. The Labute approximate surface area is 157 Å². The Morgan fingerprint density at radius 1 is 0.852 bits per heavy atom. The second kappa shape index (κ2) is 7.00. The maximum atomic E-state index is 13.5. The van der Waals surface area contributed by atoms with Gasteiger partial charge in [-0.05, 0) is 35.9 Å². The number of carbonyl (C=O) groups is 1. The monoisotopic (exact) mass is 357 g/mol. The third-order valence-corrected chi connectivity index (χ3v) is 4.64. The molecule has 0 unspecified atom stereocenters. The first-order valence-corrected chi connectivity index (χ1v) is 8.64. The molecule has 0 N–H and O–H groups in total. The first kappa shape index (κ1) is 16.9. The second-order valence-corrected chi connectivity index (χ2v) is 6.18. The van der Waals surface area contributed by atoms with Gasteiger partial charge in [0.15, 0.2) is 17.3 Å². The second-order valence-electron chi connectivity index (χ2n) is 6.18. The average Bonchev–Trinajstić information content (AvgIpc) is 3.13. The highest BCUT2D eigenvalue weighted by molar-refractivity contribution is 6.17. The van der Waals surface area contributed by atoms with Crippen LogP contribution in [0, 0.1) is 0 Å².